The fraction of sp³-hybridized carbons (Fsp3) is 0.296. The average molecular weight is 430 g/mol. The molecule has 5 nitrogen and oxygen atoms in total. The van der Waals surface area contributed by atoms with E-state index in [9.17, 15) is 9.90 Å². The minimum Gasteiger partial charge on any atom is -0.508 e. The lowest BCUT2D eigenvalue weighted by Gasteiger charge is -2.34. The summed E-state index contributed by atoms with van der Waals surface area (Å²) in [6, 6.07) is 25.9. The van der Waals surface area contributed by atoms with E-state index >= 15 is 0 Å². The zero-order valence-electron chi connectivity index (χ0n) is 18.4. The van der Waals surface area contributed by atoms with Crippen molar-refractivity contribution in [3.63, 3.8) is 0 Å². The Kier molecular flexibility index (Phi) is 7.54. The van der Waals surface area contributed by atoms with Crippen LogP contribution < -0.4 is 5.32 Å². The molecule has 3 aromatic rings. The highest BCUT2D eigenvalue weighted by atomic mass is 16.3. The van der Waals surface area contributed by atoms with Gasteiger partial charge in [-0.15, -0.1) is 0 Å². The largest absolute Gasteiger partial charge is 0.508 e. The van der Waals surface area contributed by atoms with Crippen molar-refractivity contribution in [2.75, 3.05) is 31.5 Å². The summed E-state index contributed by atoms with van der Waals surface area (Å²) < 4.78 is 0. The second-order valence-electron chi connectivity index (χ2n) is 8.41. The van der Waals surface area contributed by atoms with Crippen LogP contribution in [-0.4, -0.2) is 47.0 Å². The van der Waals surface area contributed by atoms with Gasteiger partial charge in [-0.3, -0.25) is 14.6 Å². The van der Waals surface area contributed by atoms with Crippen molar-refractivity contribution in [2.45, 2.75) is 25.9 Å². The highest BCUT2D eigenvalue weighted by molar-refractivity contribution is 5.90. The summed E-state index contributed by atoms with van der Waals surface area (Å²) in [4.78, 5) is 17.3. The van der Waals surface area contributed by atoms with E-state index in [1.165, 1.54) is 11.1 Å². The van der Waals surface area contributed by atoms with Crippen LogP contribution in [0.3, 0.4) is 0 Å². The van der Waals surface area contributed by atoms with Crippen LogP contribution in [0.5, 0.6) is 5.75 Å². The first kappa shape index (κ1) is 22.1. The van der Waals surface area contributed by atoms with Crippen LogP contribution in [0.1, 0.15) is 23.1 Å². The molecule has 0 aromatic heterocycles. The summed E-state index contributed by atoms with van der Waals surface area (Å²) in [6.07, 6.45) is 0.861. The van der Waals surface area contributed by atoms with Crippen molar-refractivity contribution in [3.05, 3.63) is 95.6 Å². The van der Waals surface area contributed by atoms with E-state index in [0.29, 0.717) is 12.8 Å². The van der Waals surface area contributed by atoms with E-state index in [2.05, 4.69) is 57.6 Å². The molecule has 1 heterocycles. The minimum atomic E-state index is -0.0458. The van der Waals surface area contributed by atoms with E-state index in [-0.39, 0.29) is 11.7 Å². The number of carbonyl (C=O) groups is 1. The first-order chi connectivity index (χ1) is 15.7. The Balaban J connectivity index is 1.19. The zero-order chi connectivity index (χ0) is 22.2. The maximum atomic E-state index is 12.3. The Morgan fingerprint density at radius 2 is 1.31 bits per heavy atom. The SMILES string of the molecule is O=C(CCc1ccccc1O)Nc1ccc(CN2CCN(Cc3ccccc3)CC2)cc1. The van der Waals surface area contributed by atoms with Gasteiger partial charge in [0.2, 0.25) is 5.91 Å². The summed E-state index contributed by atoms with van der Waals surface area (Å²) in [5.41, 5.74) is 4.23. The summed E-state index contributed by atoms with van der Waals surface area (Å²) in [5, 5.41) is 12.8. The van der Waals surface area contributed by atoms with Gasteiger partial charge in [0.1, 0.15) is 5.75 Å². The number of hydrogen-bond donors (Lipinski definition) is 2. The van der Waals surface area contributed by atoms with Crippen molar-refractivity contribution in [1.29, 1.82) is 0 Å². The fourth-order valence-corrected chi connectivity index (χ4v) is 4.09. The van der Waals surface area contributed by atoms with Crippen molar-refractivity contribution in [1.82, 2.24) is 9.80 Å². The van der Waals surface area contributed by atoms with Gasteiger partial charge in [-0.2, -0.15) is 0 Å². The third-order valence-corrected chi connectivity index (χ3v) is 5.97. The van der Waals surface area contributed by atoms with Crippen molar-refractivity contribution >= 4 is 11.6 Å². The molecular weight excluding hydrogens is 398 g/mol. The molecule has 166 valence electrons. The van der Waals surface area contributed by atoms with Gasteiger partial charge in [0, 0.05) is 51.4 Å². The third kappa shape index (κ3) is 6.42. The van der Waals surface area contributed by atoms with Crippen LogP contribution in [0, 0.1) is 0 Å². The Morgan fingerprint density at radius 3 is 1.94 bits per heavy atom. The highest BCUT2D eigenvalue weighted by Gasteiger charge is 2.17. The number of phenols is 1. The number of piperazine rings is 1. The maximum absolute atomic E-state index is 12.3. The molecule has 0 aliphatic carbocycles. The summed E-state index contributed by atoms with van der Waals surface area (Å²) >= 11 is 0. The number of anilines is 1. The lowest BCUT2D eigenvalue weighted by atomic mass is 10.1. The molecule has 1 aliphatic heterocycles. The number of rotatable bonds is 8. The molecule has 1 amide bonds. The average Bonchev–Trinajstić information content (AvgIpc) is 2.82. The van der Waals surface area contributed by atoms with E-state index in [4.69, 9.17) is 0 Å². The number of para-hydroxylation sites is 1. The first-order valence-corrected chi connectivity index (χ1v) is 11.3. The van der Waals surface area contributed by atoms with Gasteiger partial charge in [0.25, 0.3) is 0 Å². The monoisotopic (exact) mass is 429 g/mol. The standard InChI is InChI=1S/C27H31N3O2/c31-26-9-5-4-8-24(26)12-15-27(32)28-25-13-10-23(11-14-25)21-30-18-16-29(17-19-30)20-22-6-2-1-3-7-22/h1-11,13-14,31H,12,15-21H2,(H,28,32). The molecule has 1 aliphatic rings. The van der Waals surface area contributed by atoms with Crippen LogP contribution in [0.25, 0.3) is 0 Å². The smallest absolute Gasteiger partial charge is 0.224 e. The molecule has 4 rings (SSSR count). The van der Waals surface area contributed by atoms with Gasteiger partial charge in [-0.05, 0) is 41.3 Å². The maximum Gasteiger partial charge on any atom is 0.224 e. The second-order valence-corrected chi connectivity index (χ2v) is 8.41. The van der Waals surface area contributed by atoms with Gasteiger partial charge in [0.15, 0.2) is 0 Å². The molecule has 0 saturated carbocycles. The van der Waals surface area contributed by atoms with Crippen LogP contribution in [-0.2, 0) is 24.3 Å². The Labute approximate surface area is 190 Å². The Bertz CT molecular complexity index is 997. The molecule has 0 spiro atoms. The predicted molar refractivity (Wildman–Crippen MR) is 128 cm³/mol. The van der Waals surface area contributed by atoms with Crippen LogP contribution in [0.15, 0.2) is 78.9 Å². The normalized spacial score (nSPS) is 14.9. The van der Waals surface area contributed by atoms with Gasteiger partial charge >= 0.3 is 0 Å². The van der Waals surface area contributed by atoms with Gasteiger partial charge in [-0.1, -0.05) is 60.7 Å². The Morgan fingerprint density at radius 1 is 0.750 bits per heavy atom. The highest BCUT2D eigenvalue weighted by Crippen LogP contribution is 2.18. The van der Waals surface area contributed by atoms with E-state index in [1.54, 1.807) is 12.1 Å². The number of phenolic OH excluding ortho intramolecular Hbond substituents is 1. The number of hydrogen-bond acceptors (Lipinski definition) is 4. The number of carbonyl (C=O) groups excluding carboxylic acids is 1. The van der Waals surface area contributed by atoms with Crippen LogP contribution in [0.4, 0.5) is 5.69 Å². The number of amides is 1. The summed E-state index contributed by atoms with van der Waals surface area (Å²) in [7, 11) is 0. The zero-order valence-corrected chi connectivity index (χ0v) is 18.4. The molecule has 5 heteroatoms. The molecule has 0 radical (unpaired) electrons. The van der Waals surface area contributed by atoms with E-state index in [1.807, 2.05) is 24.3 Å². The van der Waals surface area contributed by atoms with E-state index in [0.717, 1.165) is 50.5 Å². The fourth-order valence-electron chi connectivity index (χ4n) is 4.09. The van der Waals surface area contributed by atoms with E-state index < -0.39 is 0 Å². The molecule has 32 heavy (non-hydrogen) atoms. The lowest BCUT2D eigenvalue weighted by molar-refractivity contribution is -0.116. The van der Waals surface area contributed by atoms with Gasteiger partial charge < -0.3 is 10.4 Å². The topological polar surface area (TPSA) is 55.8 Å². The third-order valence-electron chi connectivity index (χ3n) is 5.97. The van der Waals surface area contributed by atoms with Crippen molar-refractivity contribution < 1.29 is 9.90 Å². The number of aryl methyl sites for hydroxylation is 1. The summed E-state index contributed by atoms with van der Waals surface area (Å²) in [6.45, 7) is 6.25. The van der Waals surface area contributed by atoms with Gasteiger partial charge in [-0.25, -0.2) is 0 Å². The van der Waals surface area contributed by atoms with Crippen molar-refractivity contribution in [2.24, 2.45) is 0 Å². The molecule has 0 atom stereocenters. The summed E-state index contributed by atoms with van der Waals surface area (Å²) in [5.74, 6) is 0.195. The first-order valence-electron chi connectivity index (χ1n) is 11.3. The predicted octanol–water partition coefficient (Wildman–Crippen LogP) is 4.28. The molecule has 0 bridgehead atoms. The number of aromatic hydroxyl groups is 1. The molecular formula is C27H31N3O2. The number of nitrogens with zero attached hydrogens (tertiary/aromatic N) is 2. The Hall–Kier alpha value is -3.15. The number of nitrogens with one attached hydrogen (secondary N) is 1. The lowest BCUT2D eigenvalue weighted by Crippen LogP contribution is -2.45. The number of benzene rings is 3. The van der Waals surface area contributed by atoms with Crippen LogP contribution >= 0.6 is 0 Å². The molecule has 3 aromatic carbocycles. The molecule has 1 saturated heterocycles. The molecule has 0 unspecified atom stereocenters. The van der Waals surface area contributed by atoms with Gasteiger partial charge in [0.05, 0.1) is 0 Å². The molecule has 2 N–H and O–H groups in total. The minimum absolute atomic E-state index is 0.0458. The van der Waals surface area contributed by atoms with Crippen LogP contribution in [0.2, 0.25) is 0 Å². The molecule has 1 fully saturated rings. The second kappa shape index (κ2) is 10.9. The van der Waals surface area contributed by atoms with Crippen molar-refractivity contribution in [3.8, 4) is 5.75 Å². The quantitative estimate of drug-likeness (QED) is 0.561.